The quantitative estimate of drug-likeness (QED) is 0.811. The molecule has 2 rings (SSSR count). The zero-order valence-corrected chi connectivity index (χ0v) is 9.17. The molecule has 1 saturated heterocycles. The lowest BCUT2D eigenvalue weighted by atomic mass is 10.1. The van der Waals surface area contributed by atoms with E-state index in [2.05, 4.69) is 0 Å². The van der Waals surface area contributed by atoms with Crippen molar-refractivity contribution in [3.8, 4) is 0 Å². The van der Waals surface area contributed by atoms with Crippen LogP contribution in [-0.4, -0.2) is 35.3 Å². The van der Waals surface area contributed by atoms with Gasteiger partial charge in [0.2, 0.25) is 0 Å². The highest BCUT2D eigenvalue weighted by Gasteiger charge is 2.30. The van der Waals surface area contributed by atoms with Gasteiger partial charge in [0.05, 0.1) is 18.2 Å². The monoisotopic (exact) mass is 221 g/mol. The number of benzene rings is 1. The maximum absolute atomic E-state index is 11.7. The van der Waals surface area contributed by atoms with E-state index in [1.165, 1.54) is 5.06 Å². The van der Waals surface area contributed by atoms with Crippen LogP contribution in [-0.2, 0) is 4.84 Å². The van der Waals surface area contributed by atoms with Crippen LogP contribution in [0.1, 0.15) is 17.3 Å². The minimum absolute atomic E-state index is 0.142. The fourth-order valence-electron chi connectivity index (χ4n) is 1.72. The predicted molar refractivity (Wildman–Crippen MR) is 58.6 cm³/mol. The van der Waals surface area contributed by atoms with Crippen LogP contribution in [0.25, 0.3) is 0 Å². The third kappa shape index (κ3) is 2.40. The first kappa shape index (κ1) is 11.1. The van der Waals surface area contributed by atoms with E-state index in [1.807, 2.05) is 13.0 Å². The van der Waals surface area contributed by atoms with Crippen LogP contribution < -0.4 is 0 Å². The molecule has 1 N–H and O–H groups in total. The Morgan fingerprint density at radius 1 is 1.38 bits per heavy atom. The molecule has 0 bridgehead atoms. The fourth-order valence-corrected chi connectivity index (χ4v) is 1.72. The molecule has 0 aromatic heterocycles. The number of carbonyl (C=O) groups is 1. The van der Waals surface area contributed by atoms with E-state index in [9.17, 15) is 9.90 Å². The summed E-state index contributed by atoms with van der Waals surface area (Å²) >= 11 is 0. The van der Waals surface area contributed by atoms with Crippen LogP contribution in [0.15, 0.2) is 30.3 Å². The van der Waals surface area contributed by atoms with E-state index in [0.29, 0.717) is 18.7 Å². The van der Waals surface area contributed by atoms with Gasteiger partial charge in [-0.15, -0.1) is 5.06 Å². The minimum Gasteiger partial charge on any atom is -0.391 e. The fraction of sp³-hybridized carbons (Fsp3) is 0.417. The van der Waals surface area contributed by atoms with Crippen molar-refractivity contribution in [3.63, 3.8) is 0 Å². The third-order valence-corrected chi connectivity index (χ3v) is 2.76. The van der Waals surface area contributed by atoms with Gasteiger partial charge in [-0.25, -0.2) is 4.79 Å². The first-order valence-electron chi connectivity index (χ1n) is 5.37. The van der Waals surface area contributed by atoms with Gasteiger partial charge in [0.15, 0.2) is 0 Å². The highest BCUT2D eigenvalue weighted by molar-refractivity contribution is 5.89. The van der Waals surface area contributed by atoms with Gasteiger partial charge < -0.3 is 9.94 Å². The number of β-amino-alcohol motifs (C(OH)–C–C–N with tert-alkyl or cyclic N) is 1. The van der Waals surface area contributed by atoms with Crippen LogP contribution in [0, 0.1) is 5.92 Å². The molecule has 0 aliphatic carbocycles. The van der Waals surface area contributed by atoms with Gasteiger partial charge >= 0.3 is 5.97 Å². The number of hydrogen-bond donors (Lipinski definition) is 1. The zero-order chi connectivity index (χ0) is 11.5. The van der Waals surface area contributed by atoms with Gasteiger partial charge in [-0.05, 0) is 18.1 Å². The first-order chi connectivity index (χ1) is 7.66. The summed E-state index contributed by atoms with van der Waals surface area (Å²) in [7, 11) is 0. The number of hydrogen-bond acceptors (Lipinski definition) is 4. The van der Waals surface area contributed by atoms with Crippen LogP contribution in [0.2, 0.25) is 0 Å². The summed E-state index contributed by atoms with van der Waals surface area (Å²) in [6.07, 6.45) is -0.413. The molecule has 16 heavy (non-hydrogen) atoms. The highest BCUT2D eigenvalue weighted by atomic mass is 16.7. The number of nitrogens with zero attached hydrogens (tertiary/aromatic N) is 1. The second-order valence-corrected chi connectivity index (χ2v) is 4.14. The smallest absolute Gasteiger partial charge is 0.357 e. The molecule has 1 aromatic rings. The molecule has 1 aliphatic heterocycles. The first-order valence-corrected chi connectivity index (χ1v) is 5.37. The molecule has 0 unspecified atom stereocenters. The topological polar surface area (TPSA) is 49.8 Å². The Labute approximate surface area is 94.4 Å². The molecule has 4 heteroatoms. The van der Waals surface area contributed by atoms with E-state index in [1.54, 1.807) is 24.3 Å². The Morgan fingerprint density at radius 3 is 2.62 bits per heavy atom. The molecule has 0 saturated carbocycles. The molecule has 0 radical (unpaired) electrons. The van der Waals surface area contributed by atoms with Crippen molar-refractivity contribution in [2.45, 2.75) is 13.0 Å². The maximum atomic E-state index is 11.7. The van der Waals surface area contributed by atoms with Crippen LogP contribution in [0.4, 0.5) is 0 Å². The summed E-state index contributed by atoms with van der Waals surface area (Å²) in [6.45, 7) is 2.90. The molecule has 1 fully saturated rings. The molecule has 4 nitrogen and oxygen atoms in total. The van der Waals surface area contributed by atoms with E-state index in [4.69, 9.17) is 4.84 Å². The Bertz CT molecular complexity index is 356. The van der Waals surface area contributed by atoms with Gasteiger partial charge in [0.1, 0.15) is 0 Å². The van der Waals surface area contributed by atoms with Gasteiger partial charge in [0.25, 0.3) is 0 Å². The van der Waals surface area contributed by atoms with Crippen molar-refractivity contribution < 1.29 is 14.7 Å². The number of hydroxylamine groups is 2. The van der Waals surface area contributed by atoms with Crippen molar-refractivity contribution >= 4 is 5.97 Å². The van der Waals surface area contributed by atoms with Crippen molar-refractivity contribution in [1.29, 1.82) is 0 Å². The molecule has 2 atom stereocenters. The predicted octanol–water partition coefficient (Wildman–Crippen LogP) is 1.07. The summed E-state index contributed by atoms with van der Waals surface area (Å²) in [5.74, 6) is -0.231. The Balaban J connectivity index is 1.94. The number of aliphatic hydroxyl groups is 1. The molecule has 0 spiro atoms. The van der Waals surface area contributed by atoms with Crippen molar-refractivity contribution in [2.24, 2.45) is 5.92 Å². The zero-order valence-electron chi connectivity index (χ0n) is 9.17. The average Bonchev–Trinajstić information content (AvgIpc) is 2.59. The normalized spacial score (nSPS) is 25.6. The molecular weight excluding hydrogens is 206 g/mol. The highest BCUT2D eigenvalue weighted by Crippen LogP contribution is 2.17. The molecule has 1 heterocycles. The van der Waals surface area contributed by atoms with Crippen molar-refractivity contribution in [3.05, 3.63) is 35.9 Å². The summed E-state index contributed by atoms with van der Waals surface area (Å²) in [5.41, 5.74) is 0.525. The third-order valence-electron chi connectivity index (χ3n) is 2.76. The molecule has 1 aromatic carbocycles. The van der Waals surface area contributed by atoms with Crippen LogP contribution in [0.3, 0.4) is 0 Å². The van der Waals surface area contributed by atoms with Gasteiger partial charge in [-0.1, -0.05) is 25.1 Å². The lowest BCUT2D eigenvalue weighted by Gasteiger charge is -2.14. The maximum Gasteiger partial charge on any atom is 0.357 e. The largest absolute Gasteiger partial charge is 0.391 e. The van der Waals surface area contributed by atoms with E-state index in [0.717, 1.165) is 0 Å². The van der Waals surface area contributed by atoms with E-state index >= 15 is 0 Å². The average molecular weight is 221 g/mol. The Hall–Kier alpha value is -1.39. The van der Waals surface area contributed by atoms with Gasteiger partial charge in [-0.2, -0.15) is 0 Å². The molecule has 0 amide bonds. The lowest BCUT2D eigenvalue weighted by molar-refractivity contribution is -0.0989. The number of carbonyl (C=O) groups excluding carboxylic acids is 1. The van der Waals surface area contributed by atoms with Crippen LogP contribution >= 0.6 is 0 Å². The van der Waals surface area contributed by atoms with E-state index in [-0.39, 0.29) is 11.9 Å². The molecule has 1 aliphatic rings. The Morgan fingerprint density at radius 2 is 2.06 bits per heavy atom. The number of aliphatic hydroxyl groups excluding tert-OH is 1. The Kier molecular flexibility index (Phi) is 3.22. The summed E-state index contributed by atoms with van der Waals surface area (Å²) in [4.78, 5) is 16.8. The van der Waals surface area contributed by atoms with Gasteiger partial charge in [0, 0.05) is 6.54 Å². The van der Waals surface area contributed by atoms with Gasteiger partial charge in [-0.3, -0.25) is 0 Å². The summed E-state index contributed by atoms with van der Waals surface area (Å²) in [6, 6.07) is 8.84. The van der Waals surface area contributed by atoms with Crippen molar-refractivity contribution in [2.75, 3.05) is 13.1 Å². The summed E-state index contributed by atoms with van der Waals surface area (Å²) < 4.78 is 0. The second kappa shape index (κ2) is 4.63. The van der Waals surface area contributed by atoms with E-state index < -0.39 is 6.10 Å². The summed E-state index contributed by atoms with van der Waals surface area (Å²) in [5, 5.41) is 11.0. The SMILES string of the molecule is C[C@H]1CN(OC(=O)c2ccccc2)C[C@@H]1O. The molecular formula is C12H15NO3. The van der Waals surface area contributed by atoms with Crippen molar-refractivity contribution in [1.82, 2.24) is 5.06 Å². The standard InChI is InChI=1S/C12H15NO3/c1-9-7-13(8-11(9)14)16-12(15)10-5-3-2-4-6-10/h2-6,9,11,14H,7-8H2,1H3/t9-,11-/m0/s1. The second-order valence-electron chi connectivity index (χ2n) is 4.14. The lowest BCUT2D eigenvalue weighted by Crippen LogP contribution is -2.26. The molecule has 86 valence electrons. The number of rotatable bonds is 2. The minimum atomic E-state index is -0.413. The van der Waals surface area contributed by atoms with Crippen LogP contribution in [0.5, 0.6) is 0 Å².